The lowest BCUT2D eigenvalue weighted by Crippen LogP contribution is -2.50. The molecule has 1 amide bonds. The van der Waals surface area contributed by atoms with Gasteiger partial charge in [0.25, 0.3) is 15.9 Å². The van der Waals surface area contributed by atoms with Gasteiger partial charge in [-0.15, -0.1) is 0 Å². The first-order valence-electron chi connectivity index (χ1n) is 8.67. The quantitative estimate of drug-likeness (QED) is 0.849. The summed E-state index contributed by atoms with van der Waals surface area (Å²) >= 11 is 0. The number of aryl methyl sites for hydroxylation is 1. The number of hydrogen-bond donors (Lipinski definition) is 1. The Labute approximate surface area is 158 Å². The summed E-state index contributed by atoms with van der Waals surface area (Å²) in [4.78, 5) is 12.4. The summed E-state index contributed by atoms with van der Waals surface area (Å²) in [5.74, 6) is -0.572. The van der Waals surface area contributed by atoms with Crippen LogP contribution >= 0.6 is 0 Å². The zero-order chi connectivity index (χ0) is 19.6. The van der Waals surface area contributed by atoms with Gasteiger partial charge in [-0.25, -0.2) is 12.8 Å². The number of nitrogens with zero attached hydrogens (tertiary/aromatic N) is 1. The maximum Gasteiger partial charge on any atom is 0.264 e. The molecule has 1 unspecified atom stereocenters. The maximum atomic E-state index is 13.4. The molecule has 1 N–H and O–H groups in total. The molecule has 1 heterocycles. The van der Waals surface area contributed by atoms with Gasteiger partial charge in [-0.2, -0.15) is 0 Å². The van der Waals surface area contributed by atoms with Crippen molar-refractivity contribution in [3.8, 4) is 5.75 Å². The van der Waals surface area contributed by atoms with Crippen LogP contribution in [0.4, 0.5) is 10.1 Å². The van der Waals surface area contributed by atoms with Crippen LogP contribution in [0.3, 0.4) is 0 Å². The molecule has 0 aromatic heterocycles. The summed E-state index contributed by atoms with van der Waals surface area (Å²) < 4.78 is 46.9. The molecule has 0 aliphatic carbocycles. The predicted octanol–water partition coefficient (Wildman–Crippen LogP) is 2.62. The minimum atomic E-state index is -4.00. The number of ether oxygens (including phenoxy) is 1. The molecular weight excluding hydrogens is 371 g/mol. The molecule has 2 aromatic carbocycles. The van der Waals surface area contributed by atoms with E-state index in [4.69, 9.17) is 4.74 Å². The van der Waals surface area contributed by atoms with Crippen LogP contribution < -0.4 is 14.4 Å². The van der Waals surface area contributed by atoms with Gasteiger partial charge in [-0.05, 0) is 49.2 Å². The number of nitrogens with one attached hydrogen (secondary N) is 1. The minimum Gasteiger partial charge on any atom is -0.476 e. The summed E-state index contributed by atoms with van der Waals surface area (Å²) in [6.45, 7) is 3.77. The predicted molar refractivity (Wildman–Crippen MR) is 99.8 cm³/mol. The van der Waals surface area contributed by atoms with Crippen LogP contribution in [0.1, 0.15) is 18.9 Å². The second kappa shape index (κ2) is 7.56. The molecule has 8 heteroatoms. The van der Waals surface area contributed by atoms with Crippen molar-refractivity contribution in [3.63, 3.8) is 0 Å². The third-order valence-corrected chi connectivity index (χ3v) is 6.22. The van der Waals surface area contributed by atoms with Crippen LogP contribution in [0.5, 0.6) is 5.75 Å². The Bertz CT molecular complexity index is 962. The number of carbonyl (C=O) groups is 1. The van der Waals surface area contributed by atoms with Crippen molar-refractivity contribution in [2.75, 3.05) is 17.4 Å². The molecule has 27 heavy (non-hydrogen) atoms. The van der Waals surface area contributed by atoms with Gasteiger partial charge in [0, 0.05) is 6.54 Å². The Balaban J connectivity index is 2.03. The van der Waals surface area contributed by atoms with E-state index in [2.05, 4.69) is 5.32 Å². The standard InChI is InChI=1S/C19H21FN2O4S/c1-3-10-21-19(23)17-12-22(15-6-4-5-7-16(15)26-17)27(24,25)18-9-8-14(20)11-13(18)2/h4-9,11,17H,3,10,12H2,1-2H3,(H,21,23). The highest BCUT2D eigenvalue weighted by Gasteiger charge is 2.37. The van der Waals surface area contributed by atoms with Gasteiger partial charge in [0.05, 0.1) is 17.1 Å². The van der Waals surface area contributed by atoms with Crippen LogP contribution in [0.25, 0.3) is 0 Å². The average Bonchev–Trinajstić information content (AvgIpc) is 2.64. The third-order valence-electron chi connectivity index (χ3n) is 4.28. The first-order chi connectivity index (χ1) is 12.8. The largest absolute Gasteiger partial charge is 0.476 e. The number of carbonyl (C=O) groups excluding carboxylic acids is 1. The fourth-order valence-electron chi connectivity index (χ4n) is 2.95. The third kappa shape index (κ3) is 3.75. The fourth-order valence-corrected chi connectivity index (χ4v) is 4.63. The van der Waals surface area contributed by atoms with E-state index < -0.39 is 21.9 Å². The van der Waals surface area contributed by atoms with Crippen LogP contribution in [-0.4, -0.2) is 33.5 Å². The molecule has 2 aromatic rings. The molecule has 0 radical (unpaired) electrons. The lowest BCUT2D eigenvalue weighted by Gasteiger charge is -2.35. The van der Waals surface area contributed by atoms with Crippen molar-refractivity contribution >= 4 is 21.6 Å². The summed E-state index contributed by atoms with van der Waals surface area (Å²) in [6, 6.07) is 10.2. The van der Waals surface area contributed by atoms with Crippen LogP contribution in [-0.2, 0) is 14.8 Å². The Morgan fingerprint density at radius 3 is 2.74 bits per heavy atom. The zero-order valence-corrected chi connectivity index (χ0v) is 15.9. The van der Waals surface area contributed by atoms with E-state index in [1.54, 1.807) is 24.3 Å². The van der Waals surface area contributed by atoms with Gasteiger partial charge in [0.2, 0.25) is 0 Å². The minimum absolute atomic E-state index is 0.00619. The van der Waals surface area contributed by atoms with Crippen molar-refractivity contribution in [1.82, 2.24) is 5.32 Å². The molecule has 0 fully saturated rings. The lowest BCUT2D eigenvalue weighted by atomic mass is 10.2. The molecule has 1 aliphatic heterocycles. The van der Waals surface area contributed by atoms with Crippen molar-refractivity contribution in [3.05, 3.63) is 53.8 Å². The molecule has 0 saturated heterocycles. The monoisotopic (exact) mass is 392 g/mol. The average molecular weight is 392 g/mol. The Morgan fingerprint density at radius 1 is 1.30 bits per heavy atom. The number of amides is 1. The lowest BCUT2D eigenvalue weighted by molar-refractivity contribution is -0.127. The number of fused-ring (bicyclic) bond motifs is 1. The smallest absolute Gasteiger partial charge is 0.264 e. The number of anilines is 1. The van der Waals surface area contributed by atoms with E-state index >= 15 is 0 Å². The van der Waals surface area contributed by atoms with E-state index in [1.165, 1.54) is 19.1 Å². The molecule has 1 atom stereocenters. The number of sulfonamides is 1. The van der Waals surface area contributed by atoms with Gasteiger partial charge in [-0.1, -0.05) is 19.1 Å². The number of para-hydroxylation sites is 2. The SMILES string of the molecule is CCCNC(=O)C1CN(S(=O)(=O)c2ccc(F)cc2C)c2ccccc2O1. The molecule has 1 aliphatic rings. The summed E-state index contributed by atoms with van der Waals surface area (Å²) in [7, 11) is -4.00. The number of benzene rings is 2. The van der Waals surface area contributed by atoms with Gasteiger partial charge in [0.1, 0.15) is 11.6 Å². The van der Waals surface area contributed by atoms with Gasteiger partial charge in [0.15, 0.2) is 6.10 Å². The topological polar surface area (TPSA) is 75.7 Å². The number of hydrogen-bond acceptors (Lipinski definition) is 4. The molecular formula is C19H21FN2O4S. The molecule has 0 bridgehead atoms. The van der Waals surface area contributed by atoms with Gasteiger partial charge >= 0.3 is 0 Å². The van der Waals surface area contributed by atoms with E-state index in [9.17, 15) is 17.6 Å². The summed E-state index contributed by atoms with van der Waals surface area (Å²) in [6.07, 6.45) is -0.215. The van der Waals surface area contributed by atoms with Crippen LogP contribution in [0.15, 0.2) is 47.4 Å². The summed E-state index contributed by atoms with van der Waals surface area (Å²) in [5.41, 5.74) is 0.645. The zero-order valence-electron chi connectivity index (χ0n) is 15.1. The first-order valence-corrected chi connectivity index (χ1v) is 10.1. The van der Waals surface area contributed by atoms with Crippen molar-refractivity contribution < 1.29 is 22.3 Å². The van der Waals surface area contributed by atoms with Gasteiger partial charge < -0.3 is 10.1 Å². The maximum absolute atomic E-state index is 13.4. The second-order valence-electron chi connectivity index (χ2n) is 6.31. The van der Waals surface area contributed by atoms with Crippen molar-refractivity contribution in [2.45, 2.75) is 31.3 Å². The molecule has 6 nitrogen and oxygen atoms in total. The normalized spacial score (nSPS) is 16.4. The number of rotatable bonds is 5. The Kier molecular flexibility index (Phi) is 5.36. The highest BCUT2D eigenvalue weighted by Crippen LogP contribution is 2.37. The first kappa shape index (κ1) is 19.2. The molecule has 0 spiro atoms. The van der Waals surface area contributed by atoms with Crippen LogP contribution in [0, 0.1) is 12.7 Å². The van der Waals surface area contributed by atoms with Crippen molar-refractivity contribution in [1.29, 1.82) is 0 Å². The fraction of sp³-hybridized carbons (Fsp3) is 0.316. The summed E-state index contributed by atoms with van der Waals surface area (Å²) in [5, 5.41) is 2.73. The number of halogens is 1. The van der Waals surface area contributed by atoms with E-state index in [0.717, 1.165) is 16.8 Å². The highest BCUT2D eigenvalue weighted by molar-refractivity contribution is 7.92. The van der Waals surface area contributed by atoms with Crippen LogP contribution in [0.2, 0.25) is 0 Å². The molecule has 3 rings (SSSR count). The highest BCUT2D eigenvalue weighted by atomic mass is 32.2. The molecule has 144 valence electrons. The second-order valence-corrected chi connectivity index (χ2v) is 8.14. The van der Waals surface area contributed by atoms with E-state index in [0.29, 0.717) is 23.5 Å². The Morgan fingerprint density at radius 2 is 2.04 bits per heavy atom. The molecule has 0 saturated carbocycles. The Hall–Kier alpha value is -2.61. The van der Waals surface area contributed by atoms with E-state index in [1.807, 2.05) is 6.92 Å². The van der Waals surface area contributed by atoms with Crippen molar-refractivity contribution in [2.24, 2.45) is 0 Å². The van der Waals surface area contributed by atoms with E-state index in [-0.39, 0.29) is 17.3 Å². The van der Waals surface area contributed by atoms with Gasteiger partial charge in [-0.3, -0.25) is 9.10 Å².